The minimum absolute atomic E-state index is 0.0776. The summed E-state index contributed by atoms with van der Waals surface area (Å²) < 4.78 is 0. The van der Waals surface area contributed by atoms with Crippen molar-refractivity contribution < 1.29 is 19.8 Å². The number of hydrogen-bond acceptors (Lipinski definition) is 2. The normalized spacial score (nSPS) is 12.1. The molecular formula is C13H24O4. The zero-order valence-corrected chi connectivity index (χ0v) is 11.2. The van der Waals surface area contributed by atoms with Crippen molar-refractivity contribution in [3.05, 3.63) is 0 Å². The van der Waals surface area contributed by atoms with Crippen molar-refractivity contribution in [2.45, 2.75) is 53.4 Å². The van der Waals surface area contributed by atoms with Crippen LogP contribution < -0.4 is 0 Å². The van der Waals surface area contributed by atoms with Gasteiger partial charge in [-0.3, -0.25) is 9.59 Å². The molecule has 0 aliphatic carbocycles. The van der Waals surface area contributed by atoms with Crippen molar-refractivity contribution in [3.63, 3.8) is 0 Å². The van der Waals surface area contributed by atoms with Gasteiger partial charge in [-0.25, -0.2) is 0 Å². The van der Waals surface area contributed by atoms with Crippen molar-refractivity contribution in [1.82, 2.24) is 0 Å². The topological polar surface area (TPSA) is 74.6 Å². The van der Waals surface area contributed by atoms with Gasteiger partial charge in [-0.2, -0.15) is 0 Å². The van der Waals surface area contributed by atoms with Gasteiger partial charge in [0.25, 0.3) is 0 Å². The third-order valence-electron chi connectivity index (χ3n) is 2.87. The molecule has 0 aromatic carbocycles. The molecule has 0 aliphatic heterocycles. The Balaban J connectivity index is 4.94. The van der Waals surface area contributed by atoms with Crippen LogP contribution in [-0.2, 0) is 9.59 Å². The summed E-state index contributed by atoms with van der Waals surface area (Å²) in [4.78, 5) is 22.2. The first-order valence-electron chi connectivity index (χ1n) is 6.15. The minimum atomic E-state index is -0.928. The molecule has 0 unspecified atom stereocenters. The smallest absolute Gasteiger partial charge is 0.309 e. The molecule has 0 saturated carbocycles. The molecule has 0 aliphatic rings. The summed E-state index contributed by atoms with van der Waals surface area (Å²) in [6.45, 7) is 7.88. The maximum atomic E-state index is 11.5. The van der Waals surface area contributed by atoms with Gasteiger partial charge >= 0.3 is 11.9 Å². The highest BCUT2D eigenvalue weighted by atomic mass is 16.4. The number of carbonyl (C=O) groups is 2. The van der Waals surface area contributed by atoms with E-state index in [1.165, 1.54) is 0 Å². The number of rotatable bonds is 8. The summed E-state index contributed by atoms with van der Waals surface area (Å²) in [6, 6.07) is 0. The zero-order chi connectivity index (χ0) is 13.6. The Hall–Kier alpha value is -1.06. The third kappa shape index (κ3) is 5.71. The first-order chi connectivity index (χ1) is 7.69. The van der Waals surface area contributed by atoms with Crippen LogP contribution in [0, 0.1) is 17.3 Å². The summed E-state index contributed by atoms with van der Waals surface area (Å²) in [5.41, 5.74) is -0.888. The predicted octanol–water partition coefficient (Wildman–Crippen LogP) is 3.01. The maximum absolute atomic E-state index is 11.5. The van der Waals surface area contributed by atoms with Gasteiger partial charge in [0.1, 0.15) is 0 Å². The standard InChI is InChI=1S/C13H24O4/c1-9(2)7-13(12(16)17,8-10(3)4)6-5-11(14)15/h9-10H,5-8H2,1-4H3,(H,14,15)(H,16,17). The Bertz CT molecular complexity index is 259. The summed E-state index contributed by atoms with van der Waals surface area (Å²) in [6.07, 6.45) is 1.21. The van der Waals surface area contributed by atoms with Gasteiger partial charge in [0.15, 0.2) is 0 Å². The van der Waals surface area contributed by atoms with E-state index >= 15 is 0 Å². The van der Waals surface area contributed by atoms with E-state index in [0.717, 1.165) is 0 Å². The largest absolute Gasteiger partial charge is 0.481 e. The van der Waals surface area contributed by atoms with Crippen LogP contribution in [0.1, 0.15) is 53.4 Å². The highest BCUT2D eigenvalue weighted by molar-refractivity contribution is 5.76. The van der Waals surface area contributed by atoms with Gasteiger partial charge in [-0.1, -0.05) is 27.7 Å². The van der Waals surface area contributed by atoms with E-state index < -0.39 is 17.4 Å². The molecule has 0 atom stereocenters. The van der Waals surface area contributed by atoms with Crippen molar-refractivity contribution in [2.75, 3.05) is 0 Å². The lowest BCUT2D eigenvalue weighted by atomic mass is 9.71. The predicted molar refractivity (Wildman–Crippen MR) is 65.8 cm³/mol. The molecule has 4 heteroatoms. The molecule has 0 fully saturated rings. The molecule has 0 heterocycles. The quantitative estimate of drug-likeness (QED) is 0.688. The molecule has 0 bridgehead atoms. The highest BCUT2D eigenvalue weighted by Gasteiger charge is 2.39. The Morgan fingerprint density at radius 3 is 1.65 bits per heavy atom. The fourth-order valence-corrected chi connectivity index (χ4v) is 2.48. The van der Waals surface area contributed by atoms with Crippen LogP contribution in [0.4, 0.5) is 0 Å². The van der Waals surface area contributed by atoms with Gasteiger partial charge in [-0.05, 0) is 31.1 Å². The molecule has 0 saturated heterocycles. The Morgan fingerprint density at radius 2 is 1.41 bits per heavy atom. The van der Waals surface area contributed by atoms with E-state index in [4.69, 9.17) is 5.11 Å². The number of carboxylic acids is 2. The number of hydrogen-bond donors (Lipinski definition) is 2. The zero-order valence-electron chi connectivity index (χ0n) is 11.2. The lowest BCUT2D eigenvalue weighted by Gasteiger charge is -2.32. The highest BCUT2D eigenvalue weighted by Crippen LogP contribution is 2.38. The molecule has 100 valence electrons. The van der Waals surface area contributed by atoms with Crippen molar-refractivity contribution >= 4 is 11.9 Å². The molecular weight excluding hydrogens is 220 g/mol. The molecule has 0 amide bonds. The van der Waals surface area contributed by atoms with Gasteiger partial charge in [0.2, 0.25) is 0 Å². The van der Waals surface area contributed by atoms with Crippen LogP contribution in [0.5, 0.6) is 0 Å². The van der Waals surface area contributed by atoms with Gasteiger partial charge in [-0.15, -0.1) is 0 Å². The van der Waals surface area contributed by atoms with Crippen LogP contribution in [0.2, 0.25) is 0 Å². The van der Waals surface area contributed by atoms with Crippen molar-refractivity contribution in [3.8, 4) is 0 Å². The SMILES string of the molecule is CC(C)CC(CCC(=O)O)(CC(C)C)C(=O)O. The first-order valence-corrected chi connectivity index (χ1v) is 6.15. The molecule has 4 nitrogen and oxygen atoms in total. The van der Waals surface area contributed by atoms with Gasteiger partial charge in [0.05, 0.1) is 5.41 Å². The van der Waals surface area contributed by atoms with Crippen LogP contribution >= 0.6 is 0 Å². The molecule has 17 heavy (non-hydrogen) atoms. The van der Waals surface area contributed by atoms with Crippen LogP contribution in [0.3, 0.4) is 0 Å². The monoisotopic (exact) mass is 244 g/mol. The van der Waals surface area contributed by atoms with Crippen molar-refractivity contribution in [2.24, 2.45) is 17.3 Å². The third-order valence-corrected chi connectivity index (χ3v) is 2.87. The lowest BCUT2D eigenvalue weighted by Crippen LogP contribution is -2.34. The summed E-state index contributed by atoms with van der Waals surface area (Å²) >= 11 is 0. The van der Waals surface area contributed by atoms with Crippen LogP contribution in [0.25, 0.3) is 0 Å². The van der Waals surface area contributed by atoms with E-state index in [1.54, 1.807) is 0 Å². The molecule has 0 aromatic heterocycles. The van der Waals surface area contributed by atoms with E-state index in [-0.39, 0.29) is 24.7 Å². The molecule has 0 rings (SSSR count). The van der Waals surface area contributed by atoms with E-state index in [0.29, 0.717) is 12.8 Å². The Morgan fingerprint density at radius 1 is 1.00 bits per heavy atom. The second-order valence-corrected chi connectivity index (χ2v) is 5.68. The lowest BCUT2D eigenvalue weighted by molar-refractivity contribution is -0.152. The van der Waals surface area contributed by atoms with Crippen LogP contribution in [-0.4, -0.2) is 22.2 Å². The summed E-state index contributed by atoms with van der Waals surface area (Å²) in [5.74, 6) is -1.29. The average molecular weight is 244 g/mol. The van der Waals surface area contributed by atoms with Crippen LogP contribution in [0.15, 0.2) is 0 Å². The summed E-state index contributed by atoms with van der Waals surface area (Å²) in [5, 5.41) is 18.2. The Labute approximate surface area is 103 Å². The number of aliphatic carboxylic acids is 2. The van der Waals surface area contributed by atoms with Gasteiger partial charge < -0.3 is 10.2 Å². The fourth-order valence-electron chi connectivity index (χ4n) is 2.48. The maximum Gasteiger partial charge on any atom is 0.309 e. The fraction of sp³-hybridized carbons (Fsp3) is 0.846. The van der Waals surface area contributed by atoms with E-state index in [1.807, 2.05) is 27.7 Å². The summed E-state index contributed by atoms with van der Waals surface area (Å²) in [7, 11) is 0. The minimum Gasteiger partial charge on any atom is -0.481 e. The molecule has 0 aromatic rings. The molecule has 2 N–H and O–H groups in total. The van der Waals surface area contributed by atoms with Gasteiger partial charge in [0, 0.05) is 6.42 Å². The average Bonchev–Trinajstić information content (AvgIpc) is 2.11. The second kappa shape index (κ2) is 6.62. The molecule has 0 spiro atoms. The second-order valence-electron chi connectivity index (χ2n) is 5.68. The number of carboxylic acid groups (broad SMARTS) is 2. The Kier molecular flexibility index (Phi) is 6.21. The molecule has 0 radical (unpaired) electrons. The van der Waals surface area contributed by atoms with Crippen molar-refractivity contribution in [1.29, 1.82) is 0 Å². The van der Waals surface area contributed by atoms with E-state index in [2.05, 4.69) is 0 Å². The van der Waals surface area contributed by atoms with E-state index in [9.17, 15) is 14.7 Å². The first kappa shape index (κ1) is 15.9.